The predicted octanol–water partition coefficient (Wildman–Crippen LogP) is 5.82. The maximum Gasteiger partial charge on any atom is 0.295 e. The number of unbranched alkanes of at least 4 members (excludes halogenated alkanes) is 2. The minimum atomic E-state index is -0.768. The van der Waals surface area contributed by atoms with Crippen LogP contribution in [0.1, 0.15) is 71.0 Å². The third kappa shape index (κ3) is 7.36. The molecule has 0 aromatic heterocycles. The standard InChI is InChI=1S/C32H44N2O6/c1-6-11-12-21-40-26-18-15-24(22-27(26)39-10-5)29-28(30(35)23-13-16-25(17-14-23)38-9-4)31(36)32(37)34(29)20-19-33(7-2)8-3/h13-18,22,29,35H,6-12,19-21H2,1-5H3. The van der Waals surface area contributed by atoms with Crippen molar-refractivity contribution in [2.24, 2.45) is 0 Å². The van der Waals surface area contributed by atoms with Gasteiger partial charge in [-0.1, -0.05) is 39.7 Å². The van der Waals surface area contributed by atoms with E-state index in [9.17, 15) is 14.7 Å². The number of ketones is 1. The van der Waals surface area contributed by atoms with Gasteiger partial charge in [0.15, 0.2) is 11.5 Å². The number of hydrogen-bond acceptors (Lipinski definition) is 7. The number of aliphatic hydroxyl groups excluding tert-OH is 1. The van der Waals surface area contributed by atoms with E-state index >= 15 is 0 Å². The van der Waals surface area contributed by atoms with E-state index in [1.54, 1.807) is 29.2 Å². The summed E-state index contributed by atoms with van der Waals surface area (Å²) in [5.74, 6) is 0.289. The predicted molar refractivity (Wildman–Crippen MR) is 157 cm³/mol. The highest BCUT2D eigenvalue weighted by atomic mass is 16.5. The number of nitrogens with zero attached hydrogens (tertiary/aromatic N) is 2. The van der Waals surface area contributed by atoms with Crippen molar-refractivity contribution in [2.45, 2.75) is 59.9 Å². The Balaban J connectivity index is 2.07. The van der Waals surface area contributed by atoms with Crippen LogP contribution in [0.4, 0.5) is 0 Å². The normalized spacial score (nSPS) is 16.6. The maximum atomic E-state index is 13.4. The van der Waals surface area contributed by atoms with Crippen molar-refractivity contribution in [3.63, 3.8) is 0 Å². The first-order valence-electron chi connectivity index (χ1n) is 14.5. The molecule has 1 unspecified atom stereocenters. The minimum Gasteiger partial charge on any atom is -0.507 e. The molecule has 1 amide bonds. The first kappa shape index (κ1) is 31.0. The van der Waals surface area contributed by atoms with Gasteiger partial charge in [0.25, 0.3) is 11.7 Å². The van der Waals surface area contributed by atoms with Gasteiger partial charge in [0.1, 0.15) is 11.5 Å². The summed E-state index contributed by atoms with van der Waals surface area (Å²) in [5.41, 5.74) is 1.18. The lowest BCUT2D eigenvalue weighted by Gasteiger charge is -2.28. The first-order valence-corrected chi connectivity index (χ1v) is 14.5. The third-order valence-electron chi connectivity index (χ3n) is 7.12. The van der Waals surface area contributed by atoms with Crippen LogP contribution >= 0.6 is 0 Å². The number of carbonyl (C=O) groups excluding carboxylic acids is 2. The molecule has 1 aliphatic heterocycles. The van der Waals surface area contributed by atoms with E-state index in [1.807, 2.05) is 32.0 Å². The van der Waals surface area contributed by atoms with E-state index in [4.69, 9.17) is 14.2 Å². The van der Waals surface area contributed by atoms with Crippen molar-refractivity contribution in [2.75, 3.05) is 46.0 Å². The number of ether oxygens (including phenoxy) is 3. The molecule has 3 rings (SSSR count). The smallest absolute Gasteiger partial charge is 0.295 e. The van der Waals surface area contributed by atoms with E-state index in [2.05, 4.69) is 25.7 Å². The van der Waals surface area contributed by atoms with Gasteiger partial charge in [-0.2, -0.15) is 0 Å². The molecule has 40 heavy (non-hydrogen) atoms. The van der Waals surface area contributed by atoms with Crippen LogP contribution in [-0.4, -0.2) is 72.6 Å². The van der Waals surface area contributed by atoms with E-state index < -0.39 is 17.7 Å². The lowest BCUT2D eigenvalue weighted by molar-refractivity contribution is -0.140. The molecular formula is C32H44N2O6. The lowest BCUT2D eigenvalue weighted by Crippen LogP contribution is -2.38. The average Bonchev–Trinajstić information content (AvgIpc) is 3.22. The summed E-state index contributed by atoms with van der Waals surface area (Å²) in [4.78, 5) is 30.6. The van der Waals surface area contributed by atoms with Gasteiger partial charge in [-0.15, -0.1) is 0 Å². The Morgan fingerprint density at radius 3 is 2.20 bits per heavy atom. The van der Waals surface area contributed by atoms with Gasteiger partial charge >= 0.3 is 0 Å². The Morgan fingerprint density at radius 1 is 0.875 bits per heavy atom. The van der Waals surface area contributed by atoms with Crippen LogP contribution in [-0.2, 0) is 9.59 Å². The largest absolute Gasteiger partial charge is 0.507 e. The molecule has 1 N–H and O–H groups in total. The van der Waals surface area contributed by atoms with E-state index in [-0.39, 0.29) is 11.3 Å². The summed E-state index contributed by atoms with van der Waals surface area (Å²) in [5, 5.41) is 11.4. The molecule has 1 fully saturated rings. The summed E-state index contributed by atoms with van der Waals surface area (Å²) in [6.07, 6.45) is 3.12. The molecule has 2 aromatic rings. The highest BCUT2D eigenvalue weighted by molar-refractivity contribution is 6.46. The van der Waals surface area contributed by atoms with Crippen LogP contribution in [0.2, 0.25) is 0 Å². The fourth-order valence-electron chi connectivity index (χ4n) is 4.89. The Hall–Kier alpha value is -3.52. The van der Waals surface area contributed by atoms with Gasteiger partial charge in [-0.3, -0.25) is 9.59 Å². The summed E-state index contributed by atoms with van der Waals surface area (Å²) in [6.45, 7) is 14.2. The minimum absolute atomic E-state index is 0.0627. The number of Topliss-reactive ketones (excluding diaryl/α,β-unsaturated/α-hetero) is 1. The lowest BCUT2D eigenvalue weighted by atomic mass is 9.95. The topological polar surface area (TPSA) is 88.5 Å². The molecule has 8 heteroatoms. The number of rotatable bonds is 16. The fraction of sp³-hybridized carbons (Fsp3) is 0.500. The van der Waals surface area contributed by atoms with Crippen LogP contribution in [0.15, 0.2) is 48.0 Å². The van der Waals surface area contributed by atoms with Gasteiger partial charge in [0.2, 0.25) is 0 Å². The van der Waals surface area contributed by atoms with Gasteiger partial charge < -0.3 is 29.1 Å². The van der Waals surface area contributed by atoms with Crippen molar-refractivity contribution in [1.29, 1.82) is 0 Å². The maximum absolute atomic E-state index is 13.4. The summed E-state index contributed by atoms with van der Waals surface area (Å²) in [6, 6.07) is 11.6. The van der Waals surface area contributed by atoms with Crippen LogP contribution in [0, 0.1) is 0 Å². The van der Waals surface area contributed by atoms with E-state index in [1.165, 1.54) is 0 Å². The van der Waals surface area contributed by atoms with Crippen LogP contribution in [0.25, 0.3) is 5.76 Å². The van der Waals surface area contributed by atoms with Crippen LogP contribution in [0.3, 0.4) is 0 Å². The monoisotopic (exact) mass is 552 g/mol. The third-order valence-corrected chi connectivity index (χ3v) is 7.12. The van der Waals surface area contributed by atoms with Crippen molar-refractivity contribution in [3.8, 4) is 17.2 Å². The molecule has 1 heterocycles. The number of hydrogen-bond donors (Lipinski definition) is 1. The Labute approximate surface area is 238 Å². The Morgan fingerprint density at radius 2 is 1.57 bits per heavy atom. The van der Waals surface area contributed by atoms with E-state index in [0.717, 1.165) is 32.4 Å². The number of amides is 1. The average molecular weight is 553 g/mol. The molecule has 8 nitrogen and oxygen atoms in total. The first-order chi connectivity index (χ1) is 19.4. The molecule has 0 saturated carbocycles. The number of likely N-dealkylation sites (tertiary alicyclic amines) is 1. The second-order valence-electron chi connectivity index (χ2n) is 9.67. The second-order valence-corrected chi connectivity index (χ2v) is 9.67. The van der Waals surface area contributed by atoms with Gasteiger partial charge in [-0.05, 0) is 75.3 Å². The zero-order valence-electron chi connectivity index (χ0n) is 24.6. The van der Waals surface area contributed by atoms with Crippen molar-refractivity contribution < 1.29 is 28.9 Å². The molecule has 0 bridgehead atoms. The number of likely N-dealkylation sites (N-methyl/N-ethyl adjacent to an activating group) is 1. The van der Waals surface area contributed by atoms with Crippen LogP contribution < -0.4 is 14.2 Å². The Kier molecular flexibility index (Phi) is 11.9. The quantitative estimate of drug-likeness (QED) is 0.122. The molecule has 0 aliphatic carbocycles. The van der Waals surface area contributed by atoms with Gasteiger partial charge in [0, 0.05) is 18.7 Å². The highest BCUT2D eigenvalue weighted by Gasteiger charge is 2.46. The van der Waals surface area contributed by atoms with Gasteiger partial charge in [-0.25, -0.2) is 0 Å². The van der Waals surface area contributed by atoms with Crippen molar-refractivity contribution >= 4 is 17.4 Å². The van der Waals surface area contributed by atoms with E-state index in [0.29, 0.717) is 61.3 Å². The Bertz CT molecular complexity index is 1160. The molecule has 0 spiro atoms. The van der Waals surface area contributed by atoms with Crippen molar-refractivity contribution in [1.82, 2.24) is 9.80 Å². The molecule has 0 radical (unpaired) electrons. The second kappa shape index (κ2) is 15.3. The summed E-state index contributed by atoms with van der Waals surface area (Å²) in [7, 11) is 0. The molecule has 1 saturated heterocycles. The van der Waals surface area contributed by atoms with Gasteiger partial charge in [0.05, 0.1) is 31.4 Å². The molecule has 2 aromatic carbocycles. The summed E-state index contributed by atoms with van der Waals surface area (Å²) < 4.78 is 17.4. The highest BCUT2D eigenvalue weighted by Crippen LogP contribution is 2.42. The molecule has 1 atom stereocenters. The molecule has 218 valence electrons. The molecular weight excluding hydrogens is 508 g/mol. The SMILES string of the molecule is CCCCCOc1ccc(C2C(=C(O)c3ccc(OCC)cc3)C(=O)C(=O)N2CCN(CC)CC)cc1OCC. The number of aliphatic hydroxyl groups is 1. The zero-order chi connectivity index (χ0) is 29.1. The summed E-state index contributed by atoms with van der Waals surface area (Å²) >= 11 is 0. The van der Waals surface area contributed by atoms with Crippen LogP contribution in [0.5, 0.6) is 17.2 Å². The zero-order valence-corrected chi connectivity index (χ0v) is 24.6. The molecule has 1 aliphatic rings. The van der Waals surface area contributed by atoms with Crippen molar-refractivity contribution in [3.05, 3.63) is 59.2 Å². The fourth-order valence-corrected chi connectivity index (χ4v) is 4.89. The number of benzene rings is 2. The number of carbonyl (C=O) groups is 2.